The summed E-state index contributed by atoms with van der Waals surface area (Å²) < 4.78 is 23.2. The van der Waals surface area contributed by atoms with Gasteiger partial charge in [-0.2, -0.15) is 0 Å². The molecule has 1 heterocycles. The fourth-order valence-electron chi connectivity index (χ4n) is 1.91. The van der Waals surface area contributed by atoms with Crippen molar-refractivity contribution in [2.45, 2.75) is 0 Å². The van der Waals surface area contributed by atoms with Crippen LogP contribution in [0.1, 0.15) is 5.56 Å². The van der Waals surface area contributed by atoms with E-state index in [4.69, 9.17) is 9.47 Å². The van der Waals surface area contributed by atoms with Gasteiger partial charge < -0.3 is 14.8 Å². The van der Waals surface area contributed by atoms with Crippen LogP contribution in [0.5, 0.6) is 11.5 Å². The van der Waals surface area contributed by atoms with Gasteiger partial charge in [0.15, 0.2) is 11.5 Å². The maximum absolute atomic E-state index is 12.8. The third-order valence-electron chi connectivity index (χ3n) is 2.94. The number of ether oxygens (including phenoxy) is 2. The molecule has 2 aromatic carbocycles. The third kappa shape index (κ3) is 3.20. The Balaban J connectivity index is 1.65. The minimum Gasteiger partial charge on any atom is -0.454 e. The topological polar surface area (TPSA) is 47.6 Å². The molecule has 21 heavy (non-hydrogen) atoms. The molecule has 0 aromatic heterocycles. The van der Waals surface area contributed by atoms with Gasteiger partial charge in [0.05, 0.1) is 0 Å². The van der Waals surface area contributed by atoms with Crippen LogP contribution in [0.4, 0.5) is 10.1 Å². The summed E-state index contributed by atoms with van der Waals surface area (Å²) in [5.74, 6) is 0.724. The molecule has 0 radical (unpaired) electrons. The Kier molecular flexibility index (Phi) is 3.55. The summed E-state index contributed by atoms with van der Waals surface area (Å²) in [6.45, 7) is 0.216. The Morgan fingerprint density at radius 2 is 1.86 bits per heavy atom. The lowest BCUT2D eigenvalue weighted by Crippen LogP contribution is -2.07. The van der Waals surface area contributed by atoms with Gasteiger partial charge in [0.25, 0.3) is 0 Å². The van der Waals surface area contributed by atoms with Gasteiger partial charge in [-0.15, -0.1) is 0 Å². The second-order valence-electron chi connectivity index (χ2n) is 4.44. The molecule has 0 aliphatic carbocycles. The highest BCUT2D eigenvalue weighted by Crippen LogP contribution is 2.32. The first-order valence-electron chi connectivity index (χ1n) is 6.35. The van der Waals surface area contributed by atoms with E-state index in [2.05, 4.69) is 5.32 Å². The average molecular weight is 285 g/mol. The first-order valence-corrected chi connectivity index (χ1v) is 6.35. The number of carbonyl (C=O) groups is 1. The molecule has 0 bridgehead atoms. The van der Waals surface area contributed by atoms with Gasteiger partial charge in [0, 0.05) is 11.8 Å². The smallest absolute Gasteiger partial charge is 0.248 e. The minimum absolute atomic E-state index is 0.216. The number of amides is 1. The second-order valence-corrected chi connectivity index (χ2v) is 4.44. The molecule has 0 atom stereocenters. The number of hydrogen-bond acceptors (Lipinski definition) is 3. The summed E-state index contributed by atoms with van der Waals surface area (Å²) in [6, 6.07) is 11.0. The van der Waals surface area contributed by atoms with Crippen molar-refractivity contribution in [2.24, 2.45) is 0 Å². The summed E-state index contributed by atoms with van der Waals surface area (Å²) >= 11 is 0. The van der Waals surface area contributed by atoms with Gasteiger partial charge in [-0.1, -0.05) is 6.07 Å². The van der Waals surface area contributed by atoms with Gasteiger partial charge in [0.1, 0.15) is 5.82 Å². The Morgan fingerprint density at radius 3 is 2.67 bits per heavy atom. The van der Waals surface area contributed by atoms with E-state index < -0.39 is 0 Å². The molecule has 0 saturated heterocycles. The fourth-order valence-corrected chi connectivity index (χ4v) is 1.91. The Bertz CT molecular complexity index is 695. The van der Waals surface area contributed by atoms with Crippen LogP contribution in [-0.2, 0) is 4.79 Å². The SMILES string of the molecule is O=C(/C=C/c1ccc2c(c1)OCO2)Nc1ccc(F)cc1. The van der Waals surface area contributed by atoms with Gasteiger partial charge in [-0.3, -0.25) is 4.79 Å². The van der Waals surface area contributed by atoms with Crippen LogP contribution in [0, 0.1) is 5.82 Å². The van der Waals surface area contributed by atoms with E-state index in [0.29, 0.717) is 17.2 Å². The van der Waals surface area contributed by atoms with Gasteiger partial charge in [-0.25, -0.2) is 4.39 Å². The monoisotopic (exact) mass is 285 g/mol. The van der Waals surface area contributed by atoms with Crippen molar-refractivity contribution < 1.29 is 18.7 Å². The molecule has 1 aliphatic rings. The fraction of sp³-hybridized carbons (Fsp3) is 0.0625. The van der Waals surface area contributed by atoms with Crippen LogP contribution in [0.3, 0.4) is 0 Å². The first-order chi connectivity index (χ1) is 10.2. The van der Waals surface area contributed by atoms with Crippen molar-refractivity contribution in [2.75, 3.05) is 12.1 Å². The zero-order chi connectivity index (χ0) is 14.7. The number of nitrogens with one attached hydrogen (secondary N) is 1. The van der Waals surface area contributed by atoms with Crippen molar-refractivity contribution in [1.82, 2.24) is 0 Å². The molecule has 0 unspecified atom stereocenters. The molecule has 5 heteroatoms. The van der Waals surface area contributed by atoms with Crippen molar-refractivity contribution >= 4 is 17.7 Å². The Labute approximate surface area is 120 Å². The van der Waals surface area contributed by atoms with Crippen LogP contribution in [0.2, 0.25) is 0 Å². The number of anilines is 1. The van der Waals surface area contributed by atoms with E-state index in [1.54, 1.807) is 18.2 Å². The highest BCUT2D eigenvalue weighted by molar-refractivity contribution is 6.01. The van der Waals surface area contributed by atoms with Crippen molar-refractivity contribution in [3.05, 3.63) is 59.9 Å². The molecule has 1 aliphatic heterocycles. The van der Waals surface area contributed by atoms with Gasteiger partial charge in [0.2, 0.25) is 12.7 Å². The van der Waals surface area contributed by atoms with Crippen LogP contribution >= 0.6 is 0 Å². The number of fused-ring (bicyclic) bond motifs is 1. The van der Waals surface area contributed by atoms with Crippen molar-refractivity contribution in [3.63, 3.8) is 0 Å². The summed E-state index contributed by atoms with van der Waals surface area (Å²) in [6.07, 6.45) is 3.07. The Hall–Kier alpha value is -2.82. The van der Waals surface area contributed by atoms with E-state index in [1.165, 1.54) is 30.3 Å². The molecule has 3 rings (SSSR count). The average Bonchev–Trinajstić information content (AvgIpc) is 2.95. The number of benzene rings is 2. The highest BCUT2D eigenvalue weighted by atomic mass is 19.1. The van der Waals surface area contributed by atoms with E-state index >= 15 is 0 Å². The molecule has 1 N–H and O–H groups in total. The Morgan fingerprint density at radius 1 is 1.10 bits per heavy atom. The minimum atomic E-state index is -0.344. The lowest BCUT2D eigenvalue weighted by molar-refractivity contribution is -0.111. The molecule has 1 amide bonds. The predicted octanol–water partition coefficient (Wildman–Crippen LogP) is 3.21. The molecule has 106 valence electrons. The van der Waals surface area contributed by atoms with Gasteiger partial charge >= 0.3 is 0 Å². The first kappa shape index (κ1) is 13.2. The van der Waals surface area contributed by atoms with Crippen LogP contribution in [0.15, 0.2) is 48.5 Å². The van der Waals surface area contributed by atoms with Crippen LogP contribution < -0.4 is 14.8 Å². The number of halogens is 1. The normalized spacial score (nSPS) is 12.6. The lowest BCUT2D eigenvalue weighted by Gasteiger charge is -2.01. The number of rotatable bonds is 3. The van der Waals surface area contributed by atoms with Crippen molar-refractivity contribution in [1.29, 1.82) is 0 Å². The zero-order valence-corrected chi connectivity index (χ0v) is 11.0. The third-order valence-corrected chi connectivity index (χ3v) is 2.94. The summed E-state index contributed by atoms with van der Waals surface area (Å²) in [5, 5.41) is 2.64. The van der Waals surface area contributed by atoms with E-state index in [1.807, 2.05) is 6.07 Å². The molecule has 0 spiro atoms. The molecule has 0 fully saturated rings. The van der Waals surface area contributed by atoms with E-state index in [9.17, 15) is 9.18 Å². The second kappa shape index (κ2) is 5.66. The molecular weight excluding hydrogens is 273 g/mol. The summed E-state index contributed by atoms with van der Waals surface area (Å²) in [7, 11) is 0. The maximum atomic E-state index is 12.8. The van der Waals surface area contributed by atoms with Crippen molar-refractivity contribution in [3.8, 4) is 11.5 Å². The maximum Gasteiger partial charge on any atom is 0.248 e. The summed E-state index contributed by atoms with van der Waals surface area (Å²) in [4.78, 5) is 11.8. The van der Waals surface area contributed by atoms with Crippen LogP contribution in [-0.4, -0.2) is 12.7 Å². The molecule has 4 nitrogen and oxygen atoms in total. The van der Waals surface area contributed by atoms with Crippen LogP contribution in [0.25, 0.3) is 6.08 Å². The van der Waals surface area contributed by atoms with Gasteiger partial charge in [-0.05, 0) is 48.0 Å². The number of hydrogen-bond donors (Lipinski definition) is 1. The standard InChI is InChI=1S/C16H12FNO3/c17-12-3-5-13(6-4-12)18-16(19)8-2-11-1-7-14-15(9-11)21-10-20-14/h1-9H,10H2,(H,18,19)/b8-2+. The molecule has 2 aromatic rings. The molecular formula is C16H12FNO3. The largest absolute Gasteiger partial charge is 0.454 e. The van der Waals surface area contributed by atoms with E-state index in [-0.39, 0.29) is 18.5 Å². The zero-order valence-electron chi connectivity index (χ0n) is 11.0. The number of carbonyl (C=O) groups excluding carboxylic acids is 1. The molecule has 0 saturated carbocycles. The lowest BCUT2D eigenvalue weighted by atomic mass is 10.2. The highest BCUT2D eigenvalue weighted by Gasteiger charge is 2.12. The summed E-state index contributed by atoms with van der Waals surface area (Å²) in [5.41, 5.74) is 1.37. The predicted molar refractivity (Wildman–Crippen MR) is 76.6 cm³/mol. The quantitative estimate of drug-likeness (QED) is 0.881. The van der Waals surface area contributed by atoms with E-state index in [0.717, 1.165) is 5.56 Å².